The van der Waals surface area contributed by atoms with E-state index in [1.807, 2.05) is 0 Å². The first-order valence-corrected chi connectivity index (χ1v) is 26.9. The number of aliphatic hydroxyl groups is 2. The van der Waals surface area contributed by atoms with Crippen LogP contribution in [0.1, 0.15) is 98.8 Å². The molecule has 0 aliphatic carbocycles. The van der Waals surface area contributed by atoms with Gasteiger partial charge in [0, 0.05) is 32.9 Å². The molecule has 21 N–H and O–H groups in total. The van der Waals surface area contributed by atoms with Crippen LogP contribution in [0.5, 0.6) is 0 Å². The van der Waals surface area contributed by atoms with E-state index in [1.165, 1.54) is 6.92 Å². The molecule has 0 spiro atoms. The zero-order valence-electron chi connectivity index (χ0n) is 47.3. The molecule has 34 heteroatoms. The summed E-state index contributed by atoms with van der Waals surface area (Å²) >= 11 is 0. The molecule has 1 fully saturated rings. The van der Waals surface area contributed by atoms with Crippen LogP contribution >= 0.6 is 0 Å². The summed E-state index contributed by atoms with van der Waals surface area (Å²) in [4.78, 5) is 183. The number of unbranched alkanes of at least 4 members (excludes halogenated alkanes) is 1. The summed E-state index contributed by atoms with van der Waals surface area (Å²) in [5.74, 6) is -13.7. The summed E-state index contributed by atoms with van der Waals surface area (Å²) in [6.45, 7) is 3.82. The molecule has 1 rings (SSSR count). The summed E-state index contributed by atoms with van der Waals surface area (Å²) in [5, 5.41) is 64.6. The Balaban J connectivity index is 3.01. The van der Waals surface area contributed by atoms with E-state index in [9.17, 15) is 82.4 Å². The van der Waals surface area contributed by atoms with Crippen LogP contribution in [0, 0.1) is 11.8 Å². The third-order valence-corrected chi connectivity index (χ3v) is 12.1. The number of guanidine groups is 1. The molecule has 12 amide bonds. The number of rotatable bonds is 39. The van der Waals surface area contributed by atoms with Crippen LogP contribution in [0.15, 0.2) is 4.99 Å². The minimum atomic E-state index is -1.70. The topological polar surface area (TPSA) is 546 Å². The smallest absolute Gasteiger partial charge is 0.326 e. The number of hydrogen-bond donors (Lipinski definition) is 18. The first-order valence-electron chi connectivity index (χ1n) is 26.9. The fourth-order valence-electron chi connectivity index (χ4n) is 7.97. The molecule has 0 aromatic heterocycles. The average molecular weight is 1190 g/mol. The van der Waals surface area contributed by atoms with Crippen molar-refractivity contribution in [1.82, 2.24) is 63.4 Å². The molecule has 1 saturated heterocycles. The predicted molar refractivity (Wildman–Crippen MR) is 292 cm³/mol. The second-order valence-corrected chi connectivity index (χ2v) is 20.3. The summed E-state index contributed by atoms with van der Waals surface area (Å²) in [6.07, 6.45) is -1.13. The Morgan fingerprint density at radius 1 is 0.554 bits per heavy atom. The van der Waals surface area contributed by atoms with E-state index in [1.54, 1.807) is 27.7 Å². The van der Waals surface area contributed by atoms with E-state index in [4.69, 9.17) is 22.3 Å². The number of likely N-dealkylation sites (tertiary alicyclic amines) is 1. The van der Waals surface area contributed by atoms with E-state index in [0.29, 0.717) is 19.4 Å². The minimum absolute atomic E-state index is 0.00622. The van der Waals surface area contributed by atoms with Crippen LogP contribution in [0.4, 0.5) is 0 Å². The Kier molecular flexibility index (Phi) is 33.7. The lowest BCUT2D eigenvalue weighted by molar-refractivity contribution is -0.144. The highest BCUT2D eigenvalue weighted by atomic mass is 16.4. The maximum atomic E-state index is 14.0. The first kappa shape index (κ1) is 72.7. The SMILES string of the molecule is CC(=O)N[C@@H](CCCCN)C(=O)NCC(=O)NCC(=O)NCC(=O)N[C@@H](CC(C)C)C(=O)N[C@@H](CCCN=C(N)N)C(=O)N[C@@H](CC(C)C)C(=O)N[C@@H](CO)C(=O)NCC(=O)NCC(=O)N1C[C@H](O)C[C@H]1C(=O)N[C@@H](CCC(=O)O)C(=O)O. The number of aliphatic hydroxyl groups excluding tert-OH is 2. The largest absolute Gasteiger partial charge is 0.481 e. The normalized spacial score (nSPS) is 15.8. The van der Waals surface area contributed by atoms with Crippen molar-refractivity contribution in [3.05, 3.63) is 0 Å². The number of nitrogens with zero attached hydrogens (tertiary/aromatic N) is 2. The van der Waals surface area contributed by atoms with Crippen molar-refractivity contribution >= 4 is 88.8 Å². The van der Waals surface area contributed by atoms with Gasteiger partial charge in [-0.2, -0.15) is 0 Å². The van der Waals surface area contributed by atoms with Gasteiger partial charge in [0.1, 0.15) is 42.3 Å². The van der Waals surface area contributed by atoms with Crippen molar-refractivity contribution in [3.63, 3.8) is 0 Å². The number of carbonyl (C=O) groups is 14. The lowest BCUT2D eigenvalue weighted by Gasteiger charge is -2.27. The van der Waals surface area contributed by atoms with Gasteiger partial charge >= 0.3 is 11.9 Å². The highest BCUT2D eigenvalue weighted by Crippen LogP contribution is 2.19. The number of carbonyl (C=O) groups excluding carboxylic acids is 12. The van der Waals surface area contributed by atoms with Crippen molar-refractivity contribution in [1.29, 1.82) is 0 Å². The molecule has 8 atom stereocenters. The number of hydrogen-bond acceptors (Lipinski definition) is 18. The van der Waals surface area contributed by atoms with E-state index in [-0.39, 0.29) is 69.4 Å². The molecule has 1 aliphatic heterocycles. The Labute approximate surface area is 478 Å². The standard InChI is InChI=1S/C49H84N16O18/c1-25(2)15-32(60-39(72)21-55-36(69)18-54-37(70)19-57-42(76)29(59-27(5)67)9-6-7-13-50)45(79)61-30(10-8-14-53-49(51)52)44(78)63-33(16-26(3)4)46(80)64-34(24-66)43(77)58-20-38(71)56-22-40(73)65-23-28(68)17-35(65)47(81)62-31(48(82)83)11-12-41(74)75/h25-26,28-35,66,68H,6-24,50H2,1-5H3,(H,54,70)(H,55,69)(H,56,71)(H,57,76)(H,58,77)(H,59,67)(H,60,72)(H,61,79)(H,62,81)(H,63,78)(H,64,80)(H,74,75)(H,82,83)(H4,51,52,53)/t28-,29+,30+,31+,32+,33+,34+,35+/m1/s1. The average Bonchev–Trinajstić information content (AvgIpc) is 4.08. The number of nitrogens with one attached hydrogen (secondary N) is 11. The summed E-state index contributed by atoms with van der Waals surface area (Å²) in [6, 6.07) is -9.68. The van der Waals surface area contributed by atoms with E-state index >= 15 is 0 Å². The second-order valence-electron chi connectivity index (χ2n) is 20.3. The molecule has 83 heavy (non-hydrogen) atoms. The van der Waals surface area contributed by atoms with E-state index in [2.05, 4.69) is 63.5 Å². The van der Waals surface area contributed by atoms with Gasteiger partial charge in [-0.3, -0.25) is 67.3 Å². The van der Waals surface area contributed by atoms with Crippen molar-refractivity contribution in [2.24, 2.45) is 34.0 Å². The fraction of sp³-hybridized carbons (Fsp3) is 0.694. The van der Waals surface area contributed by atoms with Crippen LogP contribution in [-0.2, 0) is 67.1 Å². The number of aliphatic carboxylic acids is 2. The predicted octanol–water partition coefficient (Wildman–Crippen LogP) is -8.33. The lowest BCUT2D eigenvalue weighted by atomic mass is 10.0. The molecule has 0 radical (unpaired) electrons. The summed E-state index contributed by atoms with van der Waals surface area (Å²) in [7, 11) is 0. The van der Waals surface area contributed by atoms with Gasteiger partial charge in [-0.25, -0.2) is 4.79 Å². The number of nitrogens with two attached hydrogens (primary N) is 3. The fourth-order valence-corrected chi connectivity index (χ4v) is 7.97. The third kappa shape index (κ3) is 30.4. The Bertz CT molecular complexity index is 2300. The Hall–Kier alpha value is -8.27. The van der Waals surface area contributed by atoms with Gasteiger partial charge in [0.2, 0.25) is 70.9 Å². The number of β-amino-alcohol motifs (C(OH)–C–C–N with tert-alkyl or cyclic N) is 1. The quantitative estimate of drug-likeness (QED) is 0.0154. The highest BCUT2D eigenvalue weighted by Gasteiger charge is 2.40. The van der Waals surface area contributed by atoms with Gasteiger partial charge in [0.05, 0.1) is 45.4 Å². The molecule has 468 valence electrons. The van der Waals surface area contributed by atoms with Crippen LogP contribution in [0.2, 0.25) is 0 Å². The van der Waals surface area contributed by atoms with Crippen molar-refractivity contribution in [2.75, 3.05) is 59.0 Å². The Morgan fingerprint density at radius 2 is 1.02 bits per heavy atom. The molecular weight excluding hydrogens is 1100 g/mol. The van der Waals surface area contributed by atoms with Crippen LogP contribution in [0.3, 0.4) is 0 Å². The molecule has 0 bridgehead atoms. The summed E-state index contributed by atoms with van der Waals surface area (Å²) < 4.78 is 0. The van der Waals surface area contributed by atoms with E-state index < -0.39 is 183 Å². The van der Waals surface area contributed by atoms with Gasteiger partial charge < -0.3 is 101 Å². The number of carboxylic acid groups (broad SMARTS) is 2. The molecule has 0 aromatic rings. The third-order valence-electron chi connectivity index (χ3n) is 12.1. The van der Waals surface area contributed by atoms with Crippen LogP contribution in [0.25, 0.3) is 0 Å². The van der Waals surface area contributed by atoms with Crippen molar-refractivity contribution in [2.45, 2.75) is 147 Å². The summed E-state index contributed by atoms with van der Waals surface area (Å²) in [5.41, 5.74) is 16.4. The zero-order valence-corrected chi connectivity index (χ0v) is 47.3. The molecule has 0 saturated carbocycles. The van der Waals surface area contributed by atoms with Crippen LogP contribution < -0.4 is 75.7 Å². The van der Waals surface area contributed by atoms with Crippen molar-refractivity contribution in [3.8, 4) is 0 Å². The van der Waals surface area contributed by atoms with Gasteiger partial charge in [0.25, 0.3) is 0 Å². The molecular formula is C49H84N16O18. The maximum Gasteiger partial charge on any atom is 0.326 e. The molecule has 1 heterocycles. The van der Waals surface area contributed by atoms with Gasteiger partial charge in [-0.05, 0) is 69.7 Å². The minimum Gasteiger partial charge on any atom is -0.481 e. The molecule has 0 aromatic carbocycles. The first-order chi connectivity index (χ1) is 39.0. The maximum absolute atomic E-state index is 14.0. The number of aliphatic imine (C=N–C) groups is 1. The number of amides is 12. The molecule has 1 aliphatic rings. The van der Waals surface area contributed by atoms with Gasteiger partial charge in [-0.1, -0.05) is 27.7 Å². The van der Waals surface area contributed by atoms with E-state index in [0.717, 1.165) is 4.90 Å². The monoisotopic (exact) mass is 1180 g/mol. The second kappa shape index (κ2) is 38.4. The van der Waals surface area contributed by atoms with Crippen molar-refractivity contribution < 1.29 is 87.5 Å². The van der Waals surface area contributed by atoms with Gasteiger partial charge in [-0.15, -0.1) is 0 Å². The highest BCUT2D eigenvalue weighted by molar-refractivity contribution is 5.98. The molecule has 0 unspecified atom stereocenters. The lowest BCUT2D eigenvalue weighted by Crippen LogP contribution is -2.59. The Morgan fingerprint density at radius 3 is 1.53 bits per heavy atom. The molecule has 34 nitrogen and oxygen atoms in total. The van der Waals surface area contributed by atoms with Gasteiger partial charge in [0.15, 0.2) is 5.96 Å². The number of carboxylic acids is 2. The zero-order chi connectivity index (χ0) is 62.9. The van der Waals surface area contributed by atoms with Crippen LogP contribution in [-0.4, -0.2) is 221 Å².